The molecule has 0 radical (unpaired) electrons. The van der Waals surface area contributed by atoms with Gasteiger partial charge in [0.25, 0.3) is 17.7 Å². The Hall–Kier alpha value is -4.69. The number of hydrogen-bond donors (Lipinski definition) is 8. The lowest BCUT2D eigenvalue weighted by atomic mass is 10.0. The van der Waals surface area contributed by atoms with Gasteiger partial charge in [0.05, 0.1) is 19.6 Å². The third-order valence-electron chi connectivity index (χ3n) is 8.15. The molecule has 1 unspecified atom stereocenters. The average molecular weight is 769 g/mol. The van der Waals surface area contributed by atoms with Gasteiger partial charge in [-0.05, 0) is 65.7 Å². The highest BCUT2D eigenvalue weighted by Crippen LogP contribution is 2.11. The highest BCUT2D eigenvalue weighted by Gasteiger charge is 2.33. The van der Waals surface area contributed by atoms with Gasteiger partial charge in [0.2, 0.25) is 17.7 Å². The number of aliphatic hydroxyl groups is 2. The van der Waals surface area contributed by atoms with Gasteiger partial charge in [0, 0.05) is 63.9 Å². The van der Waals surface area contributed by atoms with Crippen LogP contribution >= 0.6 is 0 Å². The SMILES string of the molecule is CC(=O)NC(CCN(O)C(=O)/C=C(/C)CCO)CC(=O)OCC/C(C)=C\C(=O)N(O)CCC[C@@H]1NC(=O)[C@H](CCCN(O)C(=O)/C=C(/C)CCO)NC1=O. The Morgan fingerprint density at radius 3 is 1.52 bits per heavy atom. The van der Waals surface area contributed by atoms with Crippen LogP contribution in [0, 0.1) is 0 Å². The Balaban J connectivity index is 2.45. The average Bonchev–Trinajstić information content (AvgIpc) is 3.08. The zero-order valence-corrected chi connectivity index (χ0v) is 31.4. The van der Waals surface area contributed by atoms with Gasteiger partial charge >= 0.3 is 5.97 Å². The van der Waals surface area contributed by atoms with E-state index in [-0.39, 0.29) is 90.8 Å². The predicted octanol–water partition coefficient (Wildman–Crippen LogP) is 0.00530. The number of aliphatic hydroxyl groups excluding tert-OH is 2. The Kier molecular flexibility index (Phi) is 22.2. The van der Waals surface area contributed by atoms with Crippen molar-refractivity contribution in [2.24, 2.45) is 0 Å². The second-order valence-corrected chi connectivity index (χ2v) is 13.1. The van der Waals surface area contributed by atoms with Crippen LogP contribution in [0.3, 0.4) is 0 Å². The number of esters is 1. The summed E-state index contributed by atoms with van der Waals surface area (Å²) in [5.41, 5.74) is 1.64. The number of piperazine rings is 1. The fourth-order valence-electron chi connectivity index (χ4n) is 5.11. The smallest absolute Gasteiger partial charge is 0.307 e. The van der Waals surface area contributed by atoms with E-state index >= 15 is 0 Å². The highest BCUT2D eigenvalue weighted by molar-refractivity contribution is 5.97. The van der Waals surface area contributed by atoms with Crippen LogP contribution in [-0.4, -0.2) is 140 Å². The first-order chi connectivity index (χ1) is 25.5. The van der Waals surface area contributed by atoms with Crippen molar-refractivity contribution in [3.63, 3.8) is 0 Å². The summed E-state index contributed by atoms with van der Waals surface area (Å²) in [4.78, 5) is 85.7. The van der Waals surface area contributed by atoms with Crippen molar-refractivity contribution in [2.45, 2.75) is 104 Å². The number of hydrogen-bond acceptors (Lipinski definition) is 13. The Morgan fingerprint density at radius 2 is 1.11 bits per heavy atom. The molecule has 0 aromatic carbocycles. The zero-order valence-electron chi connectivity index (χ0n) is 31.4. The molecule has 0 saturated carbocycles. The quantitative estimate of drug-likeness (QED) is 0.0279. The Bertz CT molecular complexity index is 1400. The zero-order chi connectivity index (χ0) is 40.8. The predicted molar refractivity (Wildman–Crippen MR) is 190 cm³/mol. The van der Waals surface area contributed by atoms with E-state index in [1.165, 1.54) is 19.1 Å². The molecule has 1 aliphatic rings. The molecule has 304 valence electrons. The summed E-state index contributed by atoms with van der Waals surface area (Å²) in [7, 11) is 0. The van der Waals surface area contributed by atoms with Gasteiger partial charge in [-0.15, -0.1) is 0 Å². The third kappa shape index (κ3) is 19.4. The third-order valence-corrected chi connectivity index (χ3v) is 8.15. The van der Waals surface area contributed by atoms with Crippen LogP contribution < -0.4 is 16.0 Å². The molecular weight excluding hydrogens is 712 g/mol. The summed E-state index contributed by atoms with van der Waals surface area (Å²) in [5, 5.41) is 57.2. The second-order valence-electron chi connectivity index (χ2n) is 13.1. The topological polar surface area (TPSA) is 276 Å². The lowest BCUT2D eigenvalue weighted by molar-refractivity contribution is -0.160. The molecule has 0 aliphatic carbocycles. The lowest BCUT2D eigenvalue weighted by Gasteiger charge is -2.30. The maximum atomic E-state index is 12.6. The molecule has 6 amide bonds. The minimum absolute atomic E-state index is 0.0443. The monoisotopic (exact) mass is 768 g/mol. The van der Waals surface area contributed by atoms with E-state index in [0.717, 1.165) is 6.08 Å². The molecule has 19 nitrogen and oxygen atoms in total. The molecular formula is C35H56N6O13. The molecule has 0 spiro atoms. The summed E-state index contributed by atoms with van der Waals surface area (Å²) in [6.45, 7) is 5.31. The van der Waals surface area contributed by atoms with Gasteiger partial charge in [-0.2, -0.15) is 0 Å². The Labute approximate surface area is 314 Å². The molecule has 19 heteroatoms. The van der Waals surface area contributed by atoms with Gasteiger partial charge in [-0.3, -0.25) is 49.2 Å². The van der Waals surface area contributed by atoms with Crippen molar-refractivity contribution < 1.29 is 64.1 Å². The number of rotatable bonds is 24. The van der Waals surface area contributed by atoms with E-state index in [2.05, 4.69) is 16.0 Å². The van der Waals surface area contributed by atoms with E-state index in [1.807, 2.05) is 0 Å². The van der Waals surface area contributed by atoms with Gasteiger partial charge in [-0.25, -0.2) is 15.2 Å². The van der Waals surface area contributed by atoms with Crippen molar-refractivity contribution in [1.82, 2.24) is 31.1 Å². The lowest BCUT2D eigenvalue weighted by Crippen LogP contribution is -2.61. The number of amides is 6. The van der Waals surface area contributed by atoms with Crippen molar-refractivity contribution in [3.05, 3.63) is 34.9 Å². The van der Waals surface area contributed by atoms with Crippen LogP contribution in [0.4, 0.5) is 0 Å². The highest BCUT2D eigenvalue weighted by atomic mass is 16.5. The van der Waals surface area contributed by atoms with Crippen LogP contribution in [0.2, 0.25) is 0 Å². The van der Waals surface area contributed by atoms with Gasteiger partial charge in [0.1, 0.15) is 12.1 Å². The fraction of sp³-hybridized carbons (Fsp3) is 0.629. The Morgan fingerprint density at radius 1 is 0.704 bits per heavy atom. The fourth-order valence-corrected chi connectivity index (χ4v) is 5.11. The van der Waals surface area contributed by atoms with Gasteiger partial charge in [-0.1, -0.05) is 16.7 Å². The number of hydroxylamine groups is 6. The first kappa shape index (κ1) is 47.3. The number of carbonyl (C=O) groups excluding carboxylic acids is 7. The van der Waals surface area contributed by atoms with Crippen LogP contribution in [0.5, 0.6) is 0 Å². The van der Waals surface area contributed by atoms with E-state index in [1.54, 1.807) is 20.8 Å². The minimum Gasteiger partial charge on any atom is -0.465 e. The molecule has 1 rings (SSSR count). The van der Waals surface area contributed by atoms with Gasteiger partial charge in [0.15, 0.2) is 0 Å². The number of ether oxygens (including phenoxy) is 1. The summed E-state index contributed by atoms with van der Waals surface area (Å²) in [6.07, 6.45) is 4.71. The van der Waals surface area contributed by atoms with Gasteiger partial charge < -0.3 is 30.9 Å². The molecule has 8 N–H and O–H groups in total. The maximum absolute atomic E-state index is 12.6. The number of carbonyl (C=O) groups is 7. The number of nitrogens with zero attached hydrogens (tertiary/aromatic N) is 3. The first-order valence-corrected chi connectivity index (χ1v) is 17.7. The largest absolute Gasteiger partial charge is 0.465 e. The van der Waals surface area contributed by atoms with Crippen LogP contribution in [0.25, 0.3) is 0 Å². The molecule has 1 aliphatic heterocycles. The van der Waals surface area contributed by atoms with E-state index in [4.69, 9.17) is 14.9 Å². The molecule has 1 fully saturated rings. The molecule has 0 aromatic heterocycles. The standard InChI is InChI=1S/C35H56N6O13/c1-23(10-16-42)19-30(45)39(51)13-5-7-28-34(49)38-29(35(50)37-28)8-6-14-40(52)31(46)21-25(3)12-18-54-33(48)22-27(36-26(4)44)9-15-41(53)32(47)20-24(2)11-17-43/h19-21,27-29,42-43,51-53H,5-18,22H2,1-4H3,(H,36,44)(H,37,50)(H,38,49)/b23-19-,24-20-,25-21-/t27?,28-,29-/m0/s1. The van der Waals surface area contributed by atoms with Crippen molar-refractivity contribution in [3.8, 4) is 0 Å². The molecule has 0 aromatic rings. The first-order valence-electron chi connectivity index (χ1n) is 17.7. The minimum atomic E-state index is -0.890. The molecule has 1 heterocycles. The molecule has 0 bridgehead atoms. The molecule has 1 saturated heterocycles. The van der Waals surface area contributed by atoms with Crippen molar-refractivity contribution >= 4 is 41.4 Å². The van der Waals surface area contributed by atoms with E-state index < -0.39 is 59.5 Å². The maximum Gasteiger partial charge on any atom is 0.307 e. The second kappa shape index (κ2) is 25.4. The molecule has 54 heavy (non-hydrogen) atoms. The summed E-state index contributed by atoms with van der Waals surface area (Å²) in [5.74, 6) is -4.11. The summed E-state index contributed by atoms with van der Waals surface area (Å²) < 4.78 is 5.22. The van der Waals surface area contributed by atoms with Crippen LogP contribution in [0.15, 0.2) is 34.9 Å². The van der Waals surface area contributed by atoms with E-state index in [0.29, 0.717) is 38.3 Å². The summed E-state index contributed by atoms with van der Waals surface area (Å²) >= 11 is 0. The molecule has 3 atom stereocenters. The normalized spacial score (nSPS) is 16.9. The van der Waals surface area contributed by atoms with Crippen molar-refractivity contribution in [1.29, 1.82) is 0 Å². The van der Waals surface area contributed by atoms with E-state index in [9.17, 15) is 49.2 Å². The van der Waals surface area contributed by atoms with Crippen molar-refractivity contribution in [2.75, 3.05) is 39.5 Å². The number of nitrogens with one attached hydrogen (secondary N) is 3. The van der Waals surface area contributed by atoms with Crippen LogP contribution in [0.1, 0.15) is 85.5 Å². The van der Waals surface area contributed by atoms with Crippen LogP contribution in [-0.2, 0) is 38.3 Å². The summed E-state index contributed by atoms with van der Waals surface area (Å²) in [6, 6.07) is -2.50.